The molecule has 1 aliphatic rings. The maximum Gasteiger partial charge on any atom is 0.300 e. The van der Waals surface area contributed by atoms with Crippen molar-refractivity contribution in [3.05, 3.63) is 88.5 Å². The molecule has 2 amide bonds. The second-order valence-electron chi connectivity index (χ2n) is 8.84. The fourth-order valence-electron chi connectivity index (χ4n) is 4.71. The highest BCUT2D eigenvalue weighted by Crippen LogP contribution is 2.44. The van der Waals surface area contributed by atoms with E-state index in [1.807, 2.05) is 19.9 Å². The number of ether oxygens (including phenoxy) is 2. The molecule has 1 saturated heterocycles. The summed E-state index contributed by atoms with van der Waals surface area (Å²) < 4.78 is 10.9. The maximum atomic E-state index is 13.5. The SMILES string of the molecule is COc1cccc(C2/C(=C(\O)c3cc(C)cc(C)c3OC)C(=O)C(=O)N2c2cccc(NC(C)=O)c2)c1. The monoisotopic (exact) mass is 500 g/mol. The second-order valence-corrected chi connectivity index (χ2v) is 8.84. The minimum atomic E-state index is -0.965. The van der Waals surface area contributed by atoms with Crippen molar-refractivity contribution in [1.29, 1.82) is 0 Å². The van der Waals surface area contributed by atoms with E-state index in [1.54, 1.807) is 54.6 Å². The number of hydrogen-bond donors (Lipinski definition) is 2. The van der Waals surface area contributed by atoms with Gasteiger partial charge in [-0.3, -0.25) is 19.3 Å². The number of aliphatic hydroxyl groups is 1. The summed E-state index contributed by atoms with van der Waals surface area (Å²) in [6.07, 6.45) is 0. The minimum absolute atomic E-state index is 0.0773. The van der Waals surface area contributed by atoms with E-state index in [0.29, 0.717) is 34.0 Å². The maximum absolute atomic E-state index is 13.5. The number of Topliss-reactive ketones (excluding diaryl/α,β-unsaturated/α-hetero) is 1. The molecule has 4 rings (SSSR count). The summed E-state index contributed by atoms with van der Waals surface area (Å²) in [6.45, 7) is 5.09. The topological polar surface area (TPSA) is 105 Å². The Morgan fingerprint density at radius 1 is 0.973 bits per heavy atom. The van der Waals surface area contributed by atoms with Gasteiger partial charge in [0.2, 0.25) is 5.91 Å². The van der Waals surface area contributed by atoms with Gasteiger partial charge in [0.1, 0.15) is 17.3 Å². The zero-order valence-corrected chi connectivity index (χ0v) is 21.3. The number of hydrogen-bond acceptors (Lipinski definition) is 6. The first-order valence-electron chi connectivity index (χ1n) is 11.6. The fraction of sp³-hybridized carbons (Fsp3) is 0.207. The molecule has 8 nitrogen and oxygen atoms in total. The molecule has 1 unspecified atom stereocenters. The smallest absolute Gasteiger partial charge is 0.300 e. The Hall–Kier alpha value is -4.59. The average Bonchev–Trinajstić information content (AvgIpc) is 3.13. The van der Waals surface area contributed by atoms with Crippen molar-refractivity contribution in [1.82, 2.24) is 0 Å². The first-order chi connectivity index (χ1) is 17.7. The lowest BCUT2D eigenvalue weighted by molar-refractivity contribution is -0.132. The number of nitrogens with zero attached hydrogens (tertiary/aromatic N) is 1. The van der Waals surface area contributed by atoms with Gasteiger partial charge < -0.3 is 19.9 Å². The Labute approximate surface area is 215 Å². The molecule has 0 bridgehead atoms. The zero-order chi connectivity index (χ0) is 26.9. The summed E-state index contributed by atoms with van der Waals surface area (Å²) in [5, 5.41) is 14.3. The predicted molar refractivity (Wildman–Crippen MR) is 141 cm³/mol. The quantitative estimate of drug-likeness (QED) is 0.283. The number of aryl methyl sites for hydroxylation is 2. The van der Waals surface area contributed by atoms with E-state index >= 15 is 0 Å². The van der Waals surface area contributed by atoms with Crippen LogP contribution in [0.5, 0.6) is 11.5 Å². The number of methoxy groups -OCH3 is 2. The van der Waals surface area contributed by atoms with Gasteiger partial charge in [0, 0.05) is 18.3 Å². The average molecular weight is 501 g/mol. The van der Waals surface area contributed by atoms with Gasteiger partial charge in [-0.1, -0.05) is 24.3 Å². The number of ketones is 1. The highest BCUT2D eigenvalue weighted by Gasteiger charge is 2.47. The molecule has 1 heterocycles. The lowest BCUT2D eigenvalue weighted by Gasteiger charge is -2.26. The third kappa shape index (κ3) is 4.78. The highest BCUT2D eigenvalue weighted by atomic mass is 16.5. The molecule has 1 atom stereocenters. The van der Waals surface area contributed by atoms with Crippen LogP contribution in [0.1, 0.15) is 35.2 Å². The van der Waals surface area contributed by atoms with Crippen molar-refractivity contribution in [2.75, 3.05) is 24.4 Å². The Bertz CT molecular complexity index is 1440. The van der Waals surface area contributed by atoms with Gasteiger partial charge in [0.25, 0.3) is 11.7 Å². The Balaban J connectivity index is 1.99. The van der Waals surface area contributed by atoms with Gasteiger partial charge >= 0.3 is 0 Å². The van der Waals surface area contributed by atoms with Crippen LogP contribution < -0.4 is 19.7 Å². The number of aliphatic hydroxyl groups excluding tert-OH is 1. The van der Waals surface area contributed by atoms with Crippen LogP contribution in [0.3, 0.4) is 0 Å². The predicted octanol–water partition coefficient (Wildman–Crippen LogP) is 4.91. The van der Waals surface area contributed by atoms with Crippen LogP contribution in [0.2, 0.25) is 0 Å². The molecule has 0 aromatic heterocycles. The van der Waals surface area contributed by atoms with Crippen molar-refractivity contribution in [3.8, 4) is 11.5 Å². The molecular formula is C29H28N2O6. The van der Waals surface area contributed by atoms with E-state index in [4.69, 9.17) is 9.47 Å². The van der Waals surface area contributed by atoms with Crippen molar-refractivity contribution >= 4 is 34.7 Å². The number of anilines is 2. The lowest BCUT2D eigenvalue weighted by atomic mass is 9.93. The van der Waals surface area contributed by atoms with Gasteiger partial charge in [-0.15, -0.1) is 0 Å². The molecule has 37 heavy (non-hydrogen) atoms. The molecule has 0 radical (unpaired) electrons. The minimum Gasteiger partial charge on any atom is -0.507 e. The molecule has 8 heteroatoms. The summed E-state index contributed by atoms with van der Waals surface area (Å²) >= 11 is 0. The van der Waals surface area contributed by atoms with Crippen LogP contribution in [0, 0.1) is 13.8 Å². The van der Waals surface area contributed by atoms with Crippen molar-refractivity contribution in [2.45, 2.75) is 26.8 Å². The van der Waals surface area contributed by atoms with Crippen molar-refractivity contribution in [3.63, 3.8) is 0 Å². The Morgan fingerprint density at radius 3 is 2.38 bits per heavy atom. The first-order valence-corrected chi connectivity index (χ1v) is 11.6. The molecule has 1 aliphatic heterocycles. The summed E-state index contributed by atoms with van der Waals surface area (Å²) in [6, 6.07) is 16.3. The van der Waals surface area contributed by atoms with Crippen LogP contribution >= 0.6 is 0 Å². The van der Waals surface area contributed by atoms with Gasteiger partial charge in [-0.05, 0) is 66.9 Å². The van der Waals surface area contributed by atoms with Gasteiger partial charge in [0.05, 0.1) is 31.4 Å². The van der Waals surface area contributed by atoms with Gasteiger partial charge in [0.15, 0.2) is 0 Å². The third-order valence-electron chi connectivity index (χ3n) is 6.18. The summed E-state index contributed by atoms with van der Waals surface area (Å²) in [7, 11) is 3.01. The Morgan fingerprint density at radius 2 is 1.70 bits per heavy atom. The third-order valence-corrected chi connectivity index (χ3v) is 6.18. The fourth-order valence-corrected chi connectivity index (χ4v) is 4.71. The molecule has 2 N–H and O–H groups in total. The summed E-state index contributed by atoms with van der Waals surface area (Å²) in [4.78, 5) is 40.0. The number of rotatable bonds is 6. The van der Waals surface area contributed by atoms with Crippen LogP contribution in [0.15, 0.2) is 66.2 Å². The van der Waals surface area contributed by atoms with E-state index in [2.05, 4.69) is 5.32 Å². The van der Waals surface area contributed by atoms with Gasteiger partial charge in [-0.25, -0.2) is 0 Å². The number of carbonyl (C=O) groups excluding carboxylic acids is 3. The van der Waals surface area contributed by atoms with Crippen molar-refractivity contribution < 1.29 is 29.0 Å². The molecule has 0 aliphatic carbocycles. The van der Waals surface area contributed by atoms with E-state index in [9.17, 15) is 19.5 Å². The lowest BCUT2D eigenvalue weighted by Crippen LogP contribution is -2.29. The Kier molecular flexibility index (Phi) is 7.02. The summed E-state index contributed by atoms with van der Waals surface area (Å²) in [5.74, 6) is -1.32. The van der Waals surface area contributed by atoms with Crippen molar-refractivity contribution in [2.24, 2.45) is 0 Å². The molecule has 3 aromatic carbocycles. The summed E-state index contributed by atoms with van der Waals surface area (Å²) in [5.41, 5.74) is 3.28. The number of carbonyl (C=O) groups is 3. The van der Waals surface area contributed by atoms with Gasteiger partial charge in [-0.2, -0.15) is 0 Å². The van der Waals surface area contributed by atoms with E-state index < -0.39 is 17.7 Å². The zero-order valence-electron chi connectivity index (χ0n) is 21.3. The normalized spacial score (nSPS) is 16.6. The molecule has 0 spiro atoms. The van der Waals surface area contributed by atoms with Crippen LogP contribution in [0.4, 0.5) is 11.4 Å². The number of amides is 2. The van der Waals surface area contributed by atoms with E-state index in [-0.39, 0.29) is 17.2 Å². The van der Waals surface area contributed by atoms with E-state index in [1.165, 1.54) is 26.0 Å². The molecule has 0 saturated carbocycles. The largest absolute Gasteiger partial charge is 0.507 e. The first kappa shape index (κ1) is 25.5. The molecule has 1 fully saturated rings. The van der Waals surface area contributed by atoms with E-state index in [0.717, 1.165) is 11.1 Å². The number of nitrogens with one attached hydrogen (secondary N) is 1. The molecule has 190 valence electrons. The highest BCUT2D eigenvalue weighted by molar-refractivity contribution is 6.51. The second kappa shape index (κ2) is 10.2. The molecular weight excluding hydrogens is 472 g/mol. The standard InChI is InChI=1S/C29H28N2O6/c1-16-12-17(2)28(37-5)23(13-16)26(33)24-25(19-8-6-11-22(14-19)36-4)31(29(35)27(24)34)21-10-7-9-20(15-21)30-18(3)32/h6-15,25,33H,1-5H3,(H,30,32)/b26-24+. The van der Waals surface area contributed by atoms with Crippen LogP contribution in [-0.2, 0) is 14.4 Å². The molecule has 3 aromatic rings. The number of benzene rings is 3. The van der Waals surface area contributed by atoms with Crippen LogP contribution in [-0.4, -0.2) is 36.9 Å². The van der Waals surface area contributed by atoms with Crippen LogP contribution in [0.25, 0.3) is 5.76 Å².